The second kappa shape index (κ2) is 9.58. The molecule has 1 saturated heterocycles. The predicted molar refractivity (Wildman–Crippen MR) is 103 cm³/mol. The fraction of sp³-hybridized carbons (Fsp3) is 0.474. The summed E-state index contributed by atoms with van der Waals surface area (Å²) in [5, 5.41) is 6.93. The molecule has 0 aliphatic carbocycles. The van der Waals surface area contributed by atoms with Crippen LogP contribution in [0.25, 0.3) is 5.69 Å². The van der Waals surface area contributed by atoms with Gasteiger partial charge in [-0.25, -0.2) is 9.07 Å². The van der Waals surface area contributed by atoms with E-state index in [4.69, 9.17) is 0 Å². The monoisotopic (exact) mass is 434 g/mol. The Hall–Kier alpha value is -2.13. The largest absolute Gasteiger partial charge is 0.434 e. The minimum atomic E-state index is -4.85. The number of amides is 1. The second-order valence-electron chi connectivity index (χ2n) is 6.81. The summed E-state index contributed by atoms with van der Waals surface area (Å²) in [4.78, 5) is 14.2. The number of likely N-dealkylation sites (tertiary alicyclic amines) is 1. The number of alkyl halides is 3. The van der Waals surface area contributed by atoms with Gasteiger partial charge in [0.25, 0.3) is 5.91 Å². The van der Waals surface area contributed by atoms with E-state index in [0.717, 1.165) is 38.2 Å². The van der Waals surface area contributed by atoms with Crippen molar-refractivity contribution < 1.29 is 22.4 Å². The minimum Gasteiger partial charge on any atom is -0.339 e. The summed E-state index contributed by atoms with van der Waals surface area (Å²) < 4.78 is 55.7. The Balaban J connectivity index is 0.00000300. The fourth-order valence-corrected chi connectivity index (χ4v) is 3.44. The van der Waals surface area contributed by atoms with Crippen molar-refractivity contribution in [3.63, 3.8) is 0 Å². The molecule has 160 valence electrons. The predicted octanol–water partition coefficient (Wildman–Crippen LogP) is 3.91. The zero-order chi connectivity index (χ0) is 20.3. The second-order valence-corrected chi connectivity index (χ2v) is 6.81. The molecule has 29 heavy (non-hydrogen) atoms. The molecule has 5 nitrogen and oxygen atoms in total. The molecule has 0 bridgehead atoms. The maximum atomic E-state index is 14.0. The lowest BCUT2D eigenvalue weighted by molar-refractivity contribution is -0.143. The van der Waals surface area contributed by atoms with Crippen molar-refractivity contribution in [1.29, 1.82) is 0 Å². The number of nitrogens with zero attached hydrogens (tertiary/aromatic N) is 3. The van der Waals surface area contributed by atoms with Gasteiger partial charge in [0.2, 0.25) is 0 Å². The topological polar surface area (TPSA) is 50.2 Å². The van der Waals surface area contributed by atoms with Gasteiger partial charge < -0.3 is 10.2 Å². The average Bonchev–Trinajstić information content (AvgIpc) is 3.12. The highest BCUT2D eigenvalue weighted by Gasteiger charge is 2.42. The van der Waals surface area contributed by atoms with E-state index in [-0.39, 0.29) is 18.1 Å². The standard InChI is InChI=1S/C19H22F4N4O.ClH/c1-2-24-11-13-7-9-26(10-8-13)18(28)14-12-25-27(17(14)19(21,22)23)16-6-4-3-5-15(16)20;/h3-6,12-13,24H,2,7-11H2,1H3;1H. The Kier molecular flexibility index (Phi) is 7.65. The molecule has 10 heteroatoms. The van der Waals surface area contributed by atoms with Gasteiger partial charge in [0.05, 0.1) is 11.8 Å². The Morgan fingerprint density at radius 2 is 1.90 bits per heavy atom. The molecule has 0 atom stereocenters. The van der Waals surface area contributed by atoms with Crippen LogP contribution in [0.2, 0.25) is 0 Å². The lowest BCUT2D eigenvalue weighted by Gasteiger charge is -2.32. The molecule has 0 spiro atoms. The van der Waals surface area contributed by atoms with Crippen LogP contribution in [0.1, 0.15) is 35.8 Å². The lowest BCUT2D eigenvalue weighted by Crippen LogP contribution is -2.41. The third kappa shape index (κ3) is 5.08. The molecule has 1 aromatic heterocycles. The first-order chi connectivity index (χ1) is 13.3. The highest BCUT2D eigenvalue weighted by atomic mass is 35.5. The van der Waals surface area contributed by atoms with E-state index >= 15 is 0 Å². The third-order valence-electron chi connectivity index (χ3n) is 4.93. The van der Waals surface area contributed by atoms with Crippen LogP contribution in [0, 0.1) is 11.7 Å². The van der Waals surface area contributed by atoms with E-state index in [9.17, 15) is 22.4 Å². The number of hydrogen-bond acceptors (Lipinski definition) is 3. The highest BCUT2D eigenvalue weighted by molar-refractivity contribution is 5.95. The average molecular weight is 435 g/mol. The molecule has 0 unspecified atom stereocenters. The number of carbonyl (C=O) groups excluding carboxylic acids is 1. The summed E-state index contributed by atoms with van der Waals surface area (Å²) in [6.45, 7) is 4.46. The van der Waals surface area contributed by atoms with Crippen LogP contribution >= 0.6 is 12.4 Å². The number of hydrogen-bond donors (Lipinski definition) is 1. The SMILES string of the molecule is CCNCC1CCN(C(=O)c2cnn(-c3ccccc3F)c2C(F)(F)F)CC1.Cl. The number of nitrogens with one attached hydrogen (secondary N) is 1. The highest BCUT2D eigenvalue weighted by Crippen LogP contribution is 2.35. The summed E-state index contributed by atoms with van der Waals surface area (Å²) in [6.07, 6.45) is -2.53. The van der Waals surface area contributed by atoms with Gasteiger partial charge in [-0.1, -0.05) is 19.1 Å². The van der Waals surface area contributed by atoms with Gasteiger partial charge in [0.1, 0.15) is 11.5 Å². The van der Waals surface area contributed by atoms with Crippen LogP contribution in [0.15, 0.2) is 30.5 Å². The fourth-order valence-electron chi connectivity index (χ4n) is 3.44. The molecule has 0 radical (unpaired) electrons. The lowest BCUT2D eigenvalue weighted by atomic mass is 9.96. The van der Waals surface area contributed by atoms with Crippen LogP contribution < -0.4 is 5.32 Å². The Morgan fingerprint density at radius 3 is 2.48 bits per heavy atom. The Bertz CT molecular complexity index is 832. The van der Waals surface area contributed by atoms with E-state index in [1.165, 1.54) is 23.1 Å². The van der Waals surface area contributed by atoms with Gasteiger partial charge in [-0.3, -0.25) is 4.79 Å². The molecule has 3 rings (SSSR count). The van der Waals surface area contributed by atoms with Crippen LogP contribution in [0.3, 0.4) is 0 Å². The van der Waals surface area contributed by atoms with Crippen molar-refractivity contribution in [3.05, 3.63) is 47.5 Å². The van der Waals surface area contributed by atoms with E-state index in [1.54, 1.807) is 0 Å². The minimum absolute atomic E-state index is 0. The smallest absolute Gasteiger partial charge is 0.339 e. The number of halogens is 5. The maximum Gasteiger partial charge on any atom is 0.434 e. The molecule has 1 amide bonds. The van der Waals surface area contributed by atoms with Crippen molar-refractivity contribution in [1.82, 2.24) is 20.0 Å². The van der Waals surface area contributed by atoms with Crippen molar-refractivity contribution in [3.8, 4) is 5.69 Å². The van der Waals surface area contributed by atoms with Gasteiger partial charge in [-0.05, 0) is 44.0 Å². The van der Waals surface area contributed by atoms with Crippen LogP contribution in [-0.2, 0) is 6.18 Å². The number of para-hydroxylation sites is 1. The van der Waals surface area contributed by atoms with Crippen molar-refractivity contribution in [2.24, 2.45) is 5.92 Å². The van der Waals surface area contributed by atoms with Crippen molar-refractivity contribution >= 4 is 18.3 Å². The van der Waals surface area contributed by atoms with E-state index in [1.807, 2.05) is 6.92 Å². The molecule has 2 aromatic rings. The number of benzene rings is 1. The number of piperidine rings is 1. The maximum absolute atomic E-state index is 14.0. The summed E-state index contributed by atoms with van der Waals surface area (Å²) >= 11 is 0. The molecular weight excluding hydrogens is 412 g/mol. The van der Waals surface area contributed by atoms with Crippen molar-refractivity contribution in [2.75, 3.05) is 26.2 Å². The van der Waals surface area contributed by atoms with Crippen molar-refractivity contribution in [2.45, 2.75) is 25.9 Å². The Morgan fingerprint density at radius 1 is 1.24 bits per heavy atom. The Labute approximate surface area is 172 Å². The number of aromatic nitrogens is 2. The molecule has 1 aliphatic rings. The van der Waals surface area contributed by atoms with Gasteiger partial charge in [-0.15, -0.1) is 12.4 Å². The first kappa shape index (κ1) is 23.2. The van der Waals surface area contributed by atoms with E-state index < -0.39 is 29.2 Å². The van der Waals surface area contributed by atoms with E-state index in [0.29, 0.717) is 23.7 Å². The van der Waals surface area contributed by atoms with Crippen LogP contribution in [0.4, 0.5) is 17.6 Å². The summed E-state index contributed by atoms with van der Waals surface area (Å²) in [7, 11) is 0. The zero-order valence-electron chi connectivity index (χ0n) is 15.9. The molecule has 2 heterocycles. The van der Waals surface area contributed by atoms with Gasteiger partial charge in [0, 0.05) is 13.1 Å². The third-order valence-corrected chi connectivity index (χ3v) is 4.93. The number of carbonyl (C=O) groups is 1. The molecule has 1 aliphatic heterocycles. The van der Waals surface area contributed by atoms with E-state index in [2.05, 4.69) is 10.4 Å². The summed E-state index contributed by atoms with van der Waals surface area (Å²) in [5.41, 5.74) is -2.16. The number of rotatable bonds is 5. The summed E-state index contributed by atoms with van der Waals surface area (Å²) in [6, 6.07) is 5.03. The van der Waals surface area contributed by atoms with Crippen LogP contribution in [0.5, 0.6) is 0 Å². The quantitative estimate of drug-likeness (QED) is 0.726. The molecular formula is C19H23ClF4N4O. The molecule has 1 N–H and O–H groups in total. The van der Waals surface area contributed by atoms with Crippen LogP contribution in [-0.4, -0.2) is 46.8 Å². The molecule has 1 aromatic carbocycles. The first-order valence-corrected chi connectivity index (χ1v) is 9.23. The molecule has 1 fully saturated rings. The molecule has 0 saturated carbocycles. The first-order valence-electron chi connectivity index (χ1n) is 9.23. The van der Waals surface area contributed by atoms with Gasteiger partial charge in [-0.2, -0.15) is 18.3 Å². The van der Waals surface area contributed by atoms with Gasteiger partial charge in [0.15, 0.2) is 5.69 Å². The normalized spacial score (nSPS) is 15.3. The van der Waals surface area contributed by atoms with Gasteiger partial charge >= 0.3 is 6.18 Å². The zero-order valence-corrected chi connectivity index (χ0v) is 16.7. The summed E-state index contributed by atoms with van der Waals surface area (Å²) in [5.74, 6) is -1.18.